The molecule has 5 heteroatoms. The Labute approximate surface area is 76.2 Å². The Hall–Kier alpha value is -0.550. The number of nitrogens with zero attached hydrogens (tertiary/aromatic N) is 2. The molecule has 0 amide bonds. The fourth-order valence-corrected chi connectivity index (χ4v) is 2.24. The molecule has 0 fully saturated rings. The maximum absolute atomic E-state index is 4.29. The lowest BCUT2D eigenvalue weighted by atomic mass is 10.7. The summed E-state index contributed by atoms with van der Waals surface area (Å²) in [6.07, 6.45) is 3.95. The van der Waals surface area contributed by atoms with Crippen molar-refractivity contribution in [1.82, 2.24) is 9.38 Å². The minimum Gasteiger partial charge on any atom is -0.372 e. The lowest BCUT2D eigenvalue weighted by Gasteiger charge is -1.86. The molecular weight excluding hydrogens is 226 g/mol. The molecule has 0 spiro atoms. The molecule has 0 saturated heterocycles. The zero-order valence-electron chi connectivity index (χ0n) is 5.84. The molecule has 58 valence electrons. The van der Waals surface area contributed by atoms with Gasteiger partial charge in [-0.3, -0.25) is 4.40 Å². The Morgan fingerprint density at radius 2 is 2.45 bits per heavy atom. The van der Waals surface area contributed by atoms with Gasteiger partial charge in [0.15, 0.2) is 4.96 Å². The number of thiazole rings is 1. The van der Waals surface area contributed by atoms with Crippen LogP contribution in [0.3, 0.4) is 0 Å². The first kappa shape index (κ1) is 7.12. The summed E-state index contributed by atoms with van der Waals surface area (Å²) >= 11 is 5.00. The Kier molecular flexibility index (Phi) is 1.61. The van der Waals surface area contributed by atoms with Crippen LogP contribution in [0.4, 0.5) is 5.82 Å². The molecule has 0 atom stereocenters. The monoisotopic (exact) mass is 231 g/mol. The number of nitrogens with one attached hydrogen (secondary N) is 1. The average molecular weight is 232 g/mol. The highest BCUT2D eigenvalue weighted by molar-refractivity contribution is 9.11. The van der Waals surface area contributed by atoms with Crippen LogP contribution in [0.25, 0.3) is 4.96 Å². The van der Waals surface area contributed by atoms with Gasteiger partial charge in [-0.2, -0.15) is 0 Å². The van der Waals surface area contributed by atoms with Crippen molar-refractivity contribution in [3.05, 3.63) is 16.2 Å². The van der Waals surface area contributed by atoms with Gasteiger partial charge in [0.1, 0.15) is 5.82 Å². The number of aromatic nitrogens is 2. The minimum absolute atomic E-state index is 0.906. The van der Waals surface area contributed by atoms with Crippen molar-refractivity contribution in [3.8, 4) is 0 Å². The van der Waals surface area contributed by atoms with Gasteiger partial charge in [-0.15, -0.1) is 0 Å². The SMILES string of the molecule is CNc1cn2cc(Br)sc2n1. The van der Waals surface area contributed by atoms with Crippen molar-refractivity contribution in [2.75, 3.05) is 12.4 Å². The normalized spacial score (nSPS) is 10.7. The highest BCUT2D eigenvalue weighted by atomic mass is 79.9. The molecule has 0 aromatic carbocycles. The summed E-state index contributed by atoms with van der Waals surface area (Å²) in [6, 6.07) is 0. The molecule has 3 nitrogen and oxygen atoms in total. The second-order valence-corrected chi connectivity index (χ2v) is 4.49. The van der Waals surface area contributed by atoms with Crippen molar-refractivity contribution < 1.29 is 0 Å². The summed E-state index contributed by atoms with van der Waals surface area (Å²) in [5.74, 6) is 0.906. The first-order chi connectivity index (χ1) is 5.29. The van der Waals surface area contributed by atoms with Crippen LogP contribution in [-0.2, 0) is 0 Å². The molecule has 2 aromatic rings. The molecule has 11 heavy (non-hydrogen) atoms. The molecule has 1 N–H and O–H groups in total. The number of hydrogen-bond acceptors (Lipinski definition) is 3. The van der Waals surface area contributed by atoms with E-state index in [1.54, 1.807) is 11.3 Å². The van der Waals surface area contributed by atoms with Crippen molar-refractivity contribution in [3.63, 3.8) is 0 Å². The number of fused-ring (bicyclic) bond motifs is 1. The molecule has 0 radical (unpaired) electrons. The van der Waals surface area contributed by atoms with Crippen molar-refractivity contribution in [2.24, 2.45) is 0 Å². The lowest BCUT2D eigenvalue weighted by Crippen LogP contribution is -1.85. The molecule has 0 bridgehead atoms. The van der Waals surface area contributed by atoms with Crippen LogP contribution in [-0.4, -0.2) is 16.4 Å². The number of imidazole rings is 1. The van der Waals surface area contributed by atoms with Gasteiger partial charge >= 0.3 is 0 Å². The lowest BCUT2D eigenvalue weighted by molar-refractivity contribution is 1.23. The van der Waals surface area contributed by atoms with E-state index in [-0.39, 0.29) is 0 Å². The van der Waals surface area contributed by atoms with Crippen molar-refractivity contribution >= 4 is 38.0 Å². The predicted octanol–water partition coefficient (Wildman–Crippen LogP) is 2.20. The van der Waals surface area contributed by atoms with Crippen LogP contribution >= 0.6 is 27.3 Å². The smallest absolute Gasteiger partial charge is 0.196 e. The molecule has 0 saturated carbocycles. The third kappa shape index (κ3) is 1.14. The summed E-state index contributed by atoms with van der Waals surface area (Å²) < 4.78 is 3.09. The third-order valence-electron chi connectivity index (χ3n) is 1.38. The fraction of sp³-hybridized carbons (Fsp3) is 0.167. The van der Waals surface area contributed by atoms with Crippen LogP contribution in [0.15, 0.2) is 16.2 Å². The van der Waals surface area contributed by atoms with Gasteiger partial charge in [-0.25, -0.2) is 4.98 Å². The van der Waals surface area contributed by atoms with Gasteiger partial charge in [0.05, 0.1) is 9.98 Å². The van der Waals surface area contributed by atoms with E-state index >= 15 is 0 Å². The maximum atomic E-state index is 4.29. The Balaban J connectivity index is 2.64. The topological polar surface area (TPSA) is 29.3 Å². The summed E-state index contributed by atoms with van der Waals surface area (Å²) in [5, 5.41) is 2.98. The molecular formula is C6H6BrN3S. The van der Waals surface area contributed by atoms with Gasteiger partial charge in [-0.1, -0.05) is 11.3 Å². The van der Waals surface area contributed by atoms with E-state index in [0.717, 1.165) is 14.6 Å². The Bertz CT molecular complexity index is 346. The maximum Gasteiger partial charge on any atom is 0.196 e. The van der Waals surface area contributed by atoms with E-state index < -0.39 is 0 Å². The summed E-state index contributed by atoms with van der Waals surface area (Å²) in [4.78, 5) is 5.29. The molecule has 0 aliphatic rings. The zero-order valence-corrected chi connectivity index (χ0v) is 8.24. The number of anilines is 1. The third-order valence-corrected chi connectivity index (χ3v) is 2.86. The molecule has 2 rings (SSSR count). The van der Waals surface area contributed by atoms with Crippen LogP contribution in [0.1, 0.15) is 0 Å². The summed E-state index contributed by atoms with van der Waals surface area (Å²) in [6.45, 7) is 0. The van der Waals surface area contributed by atoms with Crippen LogP contribution in [0, 0.1) is 0 Å². The van der Waals surface area contributed by atoms with E-state index in [1.807, 2.05) is 23.8 Å². The Morgan fingerprint density at radius 1 is 1.64 bits per heavy atom. The second-order valence-electron chi connectivity index (χ2n) is 2.10. The minimum atomic E-state index is 0.906. The summed E-state index contributed by atoms with van der Waals surface area (Å²) in [7, 11) is 1.86. The molecule has 0 aliphatic heterocycles. The second kappa shape index (κ2) is 2.49. The van der Waals surface area contributed by atoms with E-state index in [4.69, 9.17) is 0 Å². The molecule has 2 aromatic heterocycles. The van der Waals surface area contributed by atoms with E-state index in [0.29, 0.717) is 0 Å². The van der Waals surface area contributed by atoms with Gasteiger partial charge in [-0.05, 0) is 15.9 Å². The summed E-state index contributed by atoms with van der Waals surface area (Å²) in [5.41, 5.74) is 0. The van der Waals surface area contributed by atoms with E-state index in [9.17, 15) is 0 Å². The van der Waals surface area contributed by atoms with E-state index in [1.165, 1.54) is 0 Å². The van der Waals surface area contributed by atoms with Crippen molar-refractivity contribution in [1.29, 1.82) is 0 Å². The Morgan fingerprint density at radius 3 is 3.09 bits per heavy atom. The van der Waals surface area contributed by atoms with Gasteiger partial charge in [0, 0.05) is 13.2 Å². The standard InChI is InChI=1S/C6H6BrN3S/c1-8-5-3-10-2-4(7)11-6(10)9-5/h2-3,8H,1H3. The van der Waals surface area contributed by atoms with Crippen LogP contribution < -0.4 is 5.32 Å². The first-order valence-electron chi connectivity index (χ1n) is 3.11. The van der Waals surface area contributed by atoms with Gasteiger partial charge in [0.2, 0.25) is 0 Å². The van der Waals surface area contributed by atoms with Gasteiger partial charge < -0.3 is 5.32 Å². The van der Waals surface area contributed by atoms with Crippen LogP contribution in [0.5, 0.6) is 0 Å². The number of halogens is 1. The van der Waals surface area contributed by atoms with E-state index in [2.05, 4.69) is 26.2 Å². The average Bonchev–Trinajstić information content (AvgIpc) is 2.43. The quantitative estimate of drug-likeness (QED) is 0.816. The zero-order chi connectivity index (χ0) is 7.84. The highest BCUT2D eigenvalue weighted by Gasteiger charge is 2.02. The largest absolute Gasteiger partial charge is 0.372 e. The van der Waals surface area contributed by atoms with Gasteiger partial charge in [0.25, 0.3) is 0 Å². The molecule has 0 aliphatic carbocycles. The van der Waals surface area contributed by atoms with Crippen molar-refractivity contribution in [2.45, 2.75) is 0 Å². The molecule has 0 unspecified atom stereocenters. The fourth-order valence-electron chi connectivity index (χ4n) is 0.888. The van der Waals surface area contributed by atoms with Crippen LogP contribution in [0.2, 0.25) is 0 Å². The number of hydrogen-bond donors (Lipinski definition) is 1. The first-order valence-corrected chi connectivity index (χ1v) is 4.72. The highest BCUT2D eigenvalue weighted by Crippen LogP contribution is 2.23. The predicted molar refractivity (Wildman–Crippen MR) is 50.3 cm³/mol. The molecule has 2 heterocycles. The number of rotatable bonds is 1.